The van der Waals surface area contributed by atoms with Crippen LogP contribution in [-0.4, -0.2) is 39.5 Å². The van der Waals surface area contributed by atoms with Gasteiger partial charge >= 0.3 is 0 Å². The molecule has 1 aromatic carbocycles. The van der Waals surface area contributed by atoms with E-state index in [0.29, 0.717) is 12.2 Å². The van der Waals surface area contributed by atoms with Crippen LogP contribution in [0.2, 0.25) is 5.02 Å². The molecule has 1 unspecified atom stereocenters. The Morgan fingerprint density at radius 3 is 2.71 bits per heavy atom. The van der Waals surface area contributed by atoms with Gasteiger partial charge in [-0.3, -0.25) is 0 Å². The van der Waals surface area contributed by atoms with Gasteiger partial charge in [-0.1, -0.05) is 18.5 Å². The zero-order chi connectivity index (χ0) is 15.5. The van der Waals surface area contributed by atoms with Crippen molar-refractivity contribution >= 4 is 27.3 Å². The second-order valence-electron chi connectivity index (χ2n) is 5.65. The summed E-state index contributed by atoms with van der Waals surface area (Å²) in [6, 6.07) is 4.46. The number of nitrogens with two attached hydrogens (primary N) is 1. The molecule has 118 valence electrons. The van der Waals surface area contributed by atoms with Crippen LogP contribution in [0.5, 0.6) is 0 Å². The minimum absolute atomic E-state index is 0.0394. The second kappa shape index (κ2) is 6.96. The van der Waals surface area contributed by atoms with E-state index in [0.717, 1.165) is 19.6 Å². The number of halogens is 1. The van der Waals surface area contributed by atoms with E-state index in [4.69, 9.17) is 17.3 Å². The molecule has 1 saturated heterocycles. The molecule has 0 amide bonds. The van der Waals surface area contributed by atoms with E-state index >= 15 is 0 Å². The zero-order valence-corrected chi connectivity index (χ0v) is 13.8. The number of benzene rings is 1. The quantitative estimate of drug-likeness (QED) is 0.781. The summed E-state index contributed by atoms with van der Waals surface area (Å²) in [7, 11) is -3.62. The number of likely N-dealkylation sites (tertiary alicyclic amines) is 1. The smallest absolute Gasteiger partial charge is 0.242 e. The monoisotopic (exact) mass is 331 g/mol. The molecule has 0 spiro atoms. The van der Waals surface area contributed by atoms with Crippen molar-refractivity contribution in [1.82, 2.24) is 9.62 Å². The molecule has 1 fully saturated rings. The maximum Gasteiger partial charge on any atom is 0.242 e. The summed E-state index contributed by atoms with van der Waals surface area (Å²) < 4.78 is 27.2. The number of nitrogen functional groups attached to an aromatic ring is 1. The summed E-state index contributed by atoms with van der Waals surface area (Å²) >= 11 is 5.95. The topological polar surface area (TPSA) is 75.4 Å². The first kappa shape index (κ1) is 16.5. The molecular weight excluding hydrogens is 310 g/mol. The minimum atomic E-state index is -3.62. The van der Waals surface area contributed by atoms with Gasteiger partial charge in [-0.2, -0.15) is 0 Å². The van der Waals surface area contributed by atoms with Crippen molar-refractivity contribution < 1.29 is 8.42 Å². The number of nitrogens with one attached hydrogen (secondary N) is 1. The third-order valence-electron chi connectivity index (χ3n) is 3.64. The van der Waals surface area contributed by atoms with E-state index in [1.165, 1.54) is 25.0 Å². The Kier molecular flexibility index (Phi) is 5.48. The molecule has 5 nitrogen and oxygen atoms in total. The Hall–Kier alpha value is -0.820. The normalized spacial score (nSPS) is 18.0. The SMILES string of the molecule is CC(CNS(=O)(=O)c1cc(N)ccc1Cl)CN1CCCC1. The number of anilines is 1. The summed E-state index contributed by atoms with van der Waals surface area (Å²) in [6.45, 7) is 5.56. The van der Waals surface area contributed by atoms with Gasteiger partial charge in [-0.15, -0.1) is 0 Å². The highest BCUT2D eigenvalue weighted by Gasteiger charge is 2.20. The van der Waals surface area contributed by atoms with Gasteiger partial charge in [-0.05, 0) is 50.0 Å². The van der Waals surface area contributed by atoms with Crippen molar-refractivity contribution in [2.24, 2.45) is 5.92 Å². The Morgan fingerprint density at radius 1 is 1.38 bits per heavy atom. The van der Waals surface area contributed by atoms with Crippen LogP contribution < -0.4 is 10.5 Å². The van der Waals surface area contributed by atoms with Crippen molar-refractivity contribution in [2.75, 3.05) is 31.9 Å². The van der Waals surface area contributed by atoms with Gasteiger partial charge in [0.25, 0.3) is 0 Å². The van der Waals surface area contributed by atoms with Gasteiger partial charge in [0.15, 0.2) is 0 Å². The highest BCUT2D eigenvalue weighted by atomic mass is 35.5. The lowest BCUT2D eigenvalue weighted by atomic mass is 10.2. The minimum Gasteiger partial charge on any atom is -0.399 e. The molecule has 3 N–H and O–H groups in total. The van der Waals surface area contributed by atoms with Crippen LogP contribution in [-0.2, 0) is 10.0 Å². The predicted molar refractivity (Wildman–Crippen MR) is 85.9 cm³/mol. The van der Waals surface area contributed by atoms with Crippen LogP contribution in [0.3, 0.4) is 0 Å². The molecule has 1 aromatic rings. The fraction of sp³-hybridized carbons (Fsp3) is 0.571. The zero-order valence-electron chi connectivity index (χ0n) is 12.2. The largest absolute Gasteiger partial charge is 0.399 e. The van der Waals surface area contributed by atoms with Gasteiger partial charge in [-0.25, -0.2) is 13.1 Å². The fourth-order valence-corrected chi connectivity index (χ4v) is 4.22. The average Bonchev–Trinajstić information content (AvgIpc) is 2.92. The highest BCUT2D eigenvalue weighted by Crippen LogP contribution is 2.23. The molecule has 0 bridgehead atoms. The van der Waals surface area contributed by atoms with E-state index in [2.05, 4.69) is 9.62 Å². The number of sulfonamides is 1. The average molecular weight is 332 g/mol. The lowest BCUT2D eigenvalue weighted by Gasteiger charge is -2.20. The van der Waals surface area contributed by atoms with Gasteiger partial charge in [0.05, 0.1) is 5.02 Å². The highest BCUT2D eigenvalue weighted by molar-refractivity contribution is 7.89. The Morgan fingerprint density at radius 2 is 2.05 bits per heavy atom. The first-order valence-corrected chi connectivity index (χ1v) is 9.01. The molecule has 0 radical (unpaired) electrons. The fourth-order valence-electron chi connectivity index (χ4n) is 2.53. The molecule has 21 heavy (non-hydrogen) atoms. The summed E-state index contributed by atoms with van der Waals surface area (Å²) in [4.78, 5) is 2.41. The van der Waals surface area contributed by atoms with Gasteiger partial charge in [0.2, 0.25) is 10.0 Å². The molecule has 7 heteroatoms. The van der Waals surface area contributed by atoms with Crippen LogP contribution in [0, 0.1) is 5.92 Å². The second-order valence-corrected chi connectivity index (χ2v) is 7.80. The van der Waals surface area contributed by atoms with Crippen LogP contribution >= 0.6 is 11.6 Å². The van der Waals surface area contributed by atoms with Crippen molar-refractivity contribution in [2.45, 2.75) is 24.7 Å². The number of rotatable bonds is 6. The van der Waals surface area contributed by atoms with Crippen molar-refractivity contribution in [3.8, 4) is 0 Å². The molecule has 1 aliphatic heterocycles. The molecule has 0 saturated carbocycles. The number of hydrogen-bond acceptors (Lipinski definition) is 4. The third kappa shape index (κ3) is 4.57. The maximum atomic E-state index is 12.3. The summed E-state index contributed by atoms with van der Waals surface area (Å²) in [5.74, 6) is 0.248. The van der Waals surface area contributed by atoms with Crippen LogP contribution in [0.4, 0.5) is 5.69 Å². The first-order chi connectivity index (χ1) is 9.88. The molecule has 2 rings (SSSR count). The van der Waals surface area contributed by atoms with Crippen LogP contribution in [0.15, 0.2) is 23.1 Å². The molecule has 1 aliphatic rings. The van der Waals surface area contributed by atoms with E-state index in [1.54, 1.807) is 6.07 Å². The number of hydrogen-bond donors (Lipinski definition) is 2. The predicted octanol–water partition coefficient (Wildman–Crippen LogP) is 1.93. The van der Waals surface area contributed by atoms with Gasteiger partial charge < -0.3 is 10.6 Å². The van der Waals surface area contributed by atoms with E-state index in [1.807, 2.05) is 6.92 Å². The Balaban J connectivity index is 1.95. The molecular formula is C14H22ClN3O2S. The van der Waals surface area contributed by atoms with Crippen molar-refractivity contribution in [3.63, 3.8) is 0 Å². The van der Waals surface area contributed by atoms with Crippen LogP contribution in [0.1, 0.15) is 19.8 Å². The third-order valence-corrected chi connectivity index (χ3v) is 5.54. The molecule has 1 atom stereocenters. The Bertz CT molecular complexity index is 586. The molecule has 1 heterocycles. The lowest BCUT2D eigenvalue weighted by molar-refractivity contribution is 0.288. The summed E-state index contributed by atoms with van der Waals surface area (Å²) in [5.41, 5.74) is 6.01. The molecule has 0 aliphatic carbocycles. The van der Waals surface area contributed by atoms with Gasteiger partial charge in [0, 0.05) is 18.8 Å². The number of nitrogens with zero attached hydrogens (tertiary/aromatic N) is 1. The van der Waals surface area contributed by atoms with E-state index in [9.17, 15) is 8.42 Å². The first-order valence-electron chi connectivity index (χ1n) is 7.15. The lowest BCUT2D eigenvalue weighted by Crippen LogP contribution is -2.34. The standard InChI is InChI=1S/C14H22ClN3O2S/c1-11(10-18-6-2-3-7-18)9-17-21(19,20)14-8-12(16)4-5-13(14)15/h4-5,8,11,17H,2-3,6-7,9-10,16H2,1H3. The van der Waals surface area contributed by atoms with E-state index in [-0.39, 0.29) is 15.8 Å². The molecule has 0 aromatic heterocycles. The Labute approximate surface area is 131 Å². The summed E-state index contributed by atoms with van der Waals surface area (Å²) in [5, 5.41) is 0.184. The van der Waals surface area contributed by atoms with Crippen LogP contribution in [0.25, 0.3) is 0 Å². The van der Waals surface area contributed by atoms with Crippen molar-refractivity contribution in [1.29, 1.82) is 0 Å². The van der Waals surface area contributed by atoms with Gasteiger partial charge in [0.1, 0.15) is 4.90 Å². The summed E-state index contributed by atoms with van der Waals surface area (Å²) in [6.07, 6.45) is 2.47. The van der Waals surface area contributed by atoms with Crippen molar-refractivity contribution in [3.05, 3.63) is 23.2 Å². The van der Waals surface area contributed by atoms with E-state index < -0.39 is 10.0 Å². The maximum absolute atomic E-state index is 12.3.